The Morgan fingerprint density at radius 3 is 2.80 bits per heavy atom. The van der Waals surface area contributed by atoms with E-state index in [2.05, 4.69) is 31.5 Å². The highest BCUT2D eigenvalue weighted by Gasteiger charge is 2.29. The molecule has 1 fully saturated rings. The molecule has 108 valence electrons. The van der Waals surface area contributed by atoms with Crippen molar-refractivity contribution in [2.75, 3.05) is 11.9 Å². The number of anilines is 1. The largest absolute Gasteiger partial charge is 0.362 e. The summed E-state index contributed by atoms with van der Waals surface area (Å²) >= 11 is 3.55. The van der Waals surface area contributed by atoms with Crippen molar-refractivity contribution in [1.29, 1.82) is 0 Å². The van der Waals surface area contributed by atoms with Crippen molar-refractivity contribution < 1.29 is 0 Å². The van der Waals surface area contributed by atoms with Crippen molar-refractivity contribution in [2.24, 2.45) is 0 Å². The topological polar surface area (TPSA) is 37.8 Å². The van der Waals surface area contributed by atoms with E-state index < -0.39 is 0 Å². The molecule has 0 amide bonds. The van der Waals surface area contributed by atoms with E-state index in [1.165, 1.54) is 28.4 Å². The van der Waals surface area contributed by atoms with E-state index in [1.54, 1.807) is 11.3 Å². The summed E-state index contributed by atoms with van der Waals surface area (Å²) in [5, 5.41) is 7.87. The molecule has 5 heteroatoms. The summed E-state index contributed by atoms with van der Waals surface area (Å²) in [5.41, 5.74) is 2.32. The van der Waals surface area contributed by atoms with Gasteiger partial charge < -0.3 is 5.32 Å². The van der Waals surface area contributed by atoms with Crippen LogP contribution in [0.2, 0.25) is 0 Å². The first-order chi connectivity index (χ1) is 9.69. The first-order valence-electron chi connectivity index (χ1n) is 7.39. The van der Waals surface area contributed by atoms with Crippen LogP contribution in [0.15, 0.2) is 5.38 Å². The van der Waals surface area contributed by atoms with Crippen LogP contribution in [0.25, 0.3) is 10.6 Å². The second-order valence-corrected chi connectivity index (χ2v) is 7.55. The Bertz CT molecular complexity index is 582. The quantitative estimate of drug-likeness (QED) is 0.807. The fraction of sp³-hybridized carbons (Fsp3) is 0.600. The molecule has 0 bridgehead atoms. The van der Waals surface area contributed by atoms with E-state index in [1.807, 2.05) is 11.3 Å². The third-order valence-electron chi connectivity index (χ3n) is 3.41. The maximum atomic E-state index is 4.88. The number of nitrogens with one attached hydrogen (secondary N) is 1. The van der Waals surface area contributed by atoms with E-state index in [4.69, 9.17) is 9.97 Å². The zero-order chi connectivity index (χ0) is 14.1. The summed E-state index contributed by atoms with van der Waals surface area (Å²) in [7, 11) is 0. The first kappa shape index (κ1) is 14.0. The van der Waals surface area contributed by atoms with Crippen molar-refractivity contribution in [2.45, 2.75) is 51.9 Å². The molecule has 1 saturated carbocycles. The SMILES string of the molecule is CCCNc1nc(-c2sc(C3CC3)nc2C(C)C)cs1. The van der Waals surface area contributed by atoms with Gasteiger partial charge in [-0.15, -0.1) is 22.7 Å². The van der Waals surface area contributed by atoms with Crippen LogP contribution in [-0.2, 0) is 0 Å². The molecular weight excluding hydrogens is 286 g/mol. The molecule has 0 radical (unpaired) electrons. The summed E-state index contributed by atoms with van der Waals surface area (Å²) < 4.78 is 0. The number of nitrogens with zero attached hydrogens (tertiary/aromatic N) is 2. The van der Waals surface area contributed by atoms with Gasteiger partial charge in [0.1, 0.15) is 0 Å². The van der Waals surface area contributed by atoms with Crippen LogP contribution in [0.3, 0.4) is 0 Å². The van der Waals surface area contributed by atoms with Gasteiger partial charge in [0.05, 0.1) is 21.3 Å². The number of thiazole rings is 2. The summed E-state index contributed by atoms with van der Waals surface area (Å²) in [6, 6.07) is 0. The molecule has 0 spiro atoms. The lowest BCUT2D eigenvalue weighted by Crippen LogP contribution is -1.98. The first-order valence-corrected chi connectivity index (χ1v) is 9.09. The van der Waals surface area contributed by atoms with Crippen LogP contribution in [0.5, 0.6) is 0 Å². The van der Waals surface area contributed by atoms with Crippen LogP contribution in [-0.4, -0.2) is 16.5 Å². The average molecular weight is 307 g/mol. The normalized spacial score (nSPS) is 15.0. The maximum Gasteiger partial charge on any atom is 0.183 e. The molecule has 1 aliphatic rings. The third kappa shape index (κ3) is 2.88. The molecule has 0 saturated heterocycles. The van der Waals surface area contributed by atoms with E-state index >= 15 is 0 Å². The molecule has 0 atom stereocenters. The molecule has 0 aliphatic heterocycles. The van der Waals surface area contributed by atoms with E-state index in [0.29, 0.717) is 5.92 Å². The summed E-state index contributed by atoms with van der Waals surface area (Å²) in [6.45, 7) is 7.60. The van der Waals surface area contributed by atoms with Gasteiger partial charge in [0.25, 0.3) is 0 Å². The Kier molecular flexibility index (Phi) is 4.08. The van der Waals surface area contributed by atoms with Crippen molar-refractivity contribution in [3.05, 3.63) is 16.1 Å². The van der Waals surface area contributed by atoms with Crippen LogP contribution >= 0.6 is 22.7 Å². The van der Waals surface area contributed by atoms with Gasteiger partial charge in [-0.2, -0.15) is 0 Å². The minimum absolute atomic E-state index is 0.461. The molecule has 2 aromatic rings. The Labute approximate surface area is 128 Å². The van der Waals surface area contributed by atoms with Gasteiger partial charge in [-0.05, 0) is 25.2 Å². The molecule has 0 unspecified atom stereocenters. The zero-order valence-electron chi connectivity index (χ0n) is 12.3. The highest BCUT2D eigenvalue weighted by molar-refractivity contribution is 7.17. The zero-order valence-corrected chi connectivity index (χ0v) is 13.9. The molecule has 1 aliphatic carbocycles. The van der Waals surface area contributed by atoms with Crippen LogP contribution in [0, 0.1) is 0 Å². The molecule has 3 rings (SSSR count). The summed E-state index contributed by atoms with van der Waals surface area (Å²) in [4.78, 5) is 10.9. The number of rotatable bonds is 6. The fourth-order valence-corrected chi connectivity index (χ4v) is 4.28. The van der Waals surface area contributed by atoms with Gasteiger partial charge in [-0.1, -0.05) is 20.8 Å². The monoisotopic (exact) mass is 307 g/mol. The van der Waals surface area contributed by atoms with E-state index in [9.17, 15) is 0 Å². The van der Waals surface area contributed by atoms with Crippen molar-refractivity contribution in [3.63, 3.8) is 0 Å². The summed E-state index contributed by atoms with van der Waals surface area (Å²) in [6.07, 6.45) is 3.74. The highest BCUT2D eigenvalue weighted by Crippen LogP contribution is 2.46. The Balaban J connectivity index is 1.89. The Morgan fingerprint density at radius 2 is 2.15 bits per heavy atom. The minimum Gasteiger partial charge on any atom is -0.362 e. The lowest BCUT2D eigenvalue weighted by atomic mass is 10.1. The summed E-state index contributed by atoms with van der Waals surface area (Å²) in [5.74, 6) is 1.19. The average Bonchev–Trinajstić information content (AvgIpc) is 3.02. The van der Waals surface area contributed by atoms with Crippen LogP contribution in [0.1, 0.15) is 62.6 Å². The van der Waals surface area contributed by atoms with E-state index in [-0.39, 0.29) is 0 Å². The van der Waals surface area contributed by atoms with Crippen LogP contribution < -0.4 is 5.32 Å². The van der Waals surface area contributed by atoms with Gasteiger partial charge in [-0.25, -0.2) is 9.97 Å². The second-order valence-electron chi connectivity index (χ2n) is 5.66. The molecule has 2 aromatic heterocycles. The van der Waals surface area contributed by atoms with Gasteiger partial charge >= 0.3 is 0 Å². The van der Waals surface area contributed by atoms with Crippen molar-refractivity contribution in [1.82, 2.24) is 9.97 Å². The lowest BCUT2D eigenvalue weighted by molar-refractivity contribution is 0.824. The molecule has 20 heavy (non-hydrogen) atoms. The molecular formula is C15H21N3S2. The Morgan fingerprint density at radius 1 is 1.35 bits per heavy atom. The third-order valence-corrected chi connectivity index (χ3v) is 5.46. The predicted octanol–water partition coefficient (Wildman–Crippen LogP) is 5.09. The van der Waals surface area contributed by atoms with Crippen LogP contribution in [0.4, 0.5) is 5.13 Å². The molecule has 2 heterocycles. The maximum absolute atomic E-state index is 4.88. The van der Waals surface area contributed by atoms with Gasteiger partial charge in [0.15, 0.2) is 5.13 Å². The second kappa shape index (κ2) is 5.82. The molecule has 3 nitrogen and oxygen atoms in total. The number of hydrogen-bond donors (Lipinski definition) is 1. The van der Waals surface area contributed by atoms with Gasteiger partial charge in [-0.3, -0.25) is 0 Å². The fourth-order valence-electron chi connectivity index (χ4n) is 2.12. The molecule has 1 N–H and O–H groups in total. The van der Waals surface area contributed by atoms with Gasteiger partial charge in [0.2, 0.25) is 0 Å². The highest BCUT2D eigenvalue weighted by atomic mass is 32.1. The lowest BCUT2D eigenvalue weighted by Gasteiger charge is -2.02. The standard InChI is InChI=1S/C15H21N3S2/c1-4-7-16-15-17-11(8-19-15)13-12(9(2)3)18-14(20-13)10-5-6-10/h8-10H,4-7H2,1-3H3,(H,16,17). The molecule has 0 aromatic carbocycles. The van der Waals surface area contributed by atoms with Crippen molar-refractivity contribution >= 4 is 27.8 Å². The number of hydrogen-bond acceptors (Lipinski definition) is 5. The Hall–Kier alpha value is -0.940. The number of aromatic nitrogens is 2. The van der Waals surface area contributed by atoms with Gasteiger partial charge in [0, 0.05) is 17.8 Å². The smallest absolute Gasteiger partial charge is 0.183 e. The predicted molar refractivity (Wildman–Crippen MR) is 88.1 cm³/mol. The van der Waals surface area contributed by atoms with Crippen molar-refractivity contribution in [3.8, 4) is 10.6 Å². The minimum atomic E-state index is 0.461. The van der Waals surface area contributed by atoms with E-state index in [0.717, 1.165) is 29.7 Å².